The maximum atomic E-state index is 6.53. The van der Waals surface area contributed by atoms with Gasteiger partial charge >= 0.3 is 0 Å². The molecule has 0 spiro atoms. The molecular weight excluding hydrogens is 230 g/mol. The van der Waals surface area contributed by atoms with Gasteiger partial charge in [0.25, 0.3) is 0 Å². The fourth-order valence-electron chi connectivity index (χ4n) is 2.33. The number of thiazole rings is 1. The maximum Gasteiger partial charge on any atom is 0.114 e. The molecule has 1 aliphatic rings. The Balaban J connectivity index is 2.24. The summed E-state index contributed by atoms with van der Waals surface area (Å²) in [6, 6.07) is 0. The normalized spacial score (nSPS) is 27.4. The summed E-state index contributed by atoms with van der Waals surface area (Å²) >= 11 is 1.72. The topological polar surface area (TPSA) is 42.1 Å². The van der Waals surface area contributed by atoms with E-state index in [2.05, 4.69) is 38.1 Å². The number of likely N-dealkylation sites (N-methyl/N-ethyl adjacent to an activating group) is 1. The van der Waals surface area contributed by atoms with Crippen molar-refractivity contribution in [3.63, 3.8) is 0 Å². The predicted octanol–water partition coefficient (Wildman–Crippen LogP) is 2.32. The minimum absolute atomic E-state index is 0.117. The van der Waals surface area contributed by atoms with Gasteiger partial charge in [0.05, 0.1) is 11.2 Å². The Morgan fingerprint density at radius 2 is 2.18 bits per heavy atom. The zero-order valence-electron chi connectivity index (χ0n) is 11.3. The van der Waals surface area contributed by atoms with Gasteiger partial charge in [-0.25, -0.2) is 4.98 Å². The third kappa shape index (κ3) is 2.69. The van der Waals surface area contributed by atoms with Crippen LogP contribution >= 0.6 is 11.3 Å². The molecule has 2 N–H and O–H groups in total. The van der Waals surface area contributed by atoms with Gasteiger partial charge in [-0.05, 0) is 26.4 Å². The van der Waals surface area contributed by atoms with Crippen molar-refractivity contribution in [2.45, 2.75) is 44.6 Å². The Hall–Kier alpha value is -0.450. The van der Waals surface area contributed by atoms with E-state index in [1.807, 2.05) is 0 Å². The number of likely N-dealkylation sites (tertiary alicyclic amines) is 1. The fraction of sp³-hybridized carbons (Fsp3) is 0.769. The van der Waals surface area contributed by atoms with Crippen LogP contribution in [0.1, 0.15) is 44.3 Å². The molecule has 1 atom stereocenters. The molecule has 0 bridgehead atoms. The first-order chi connectivity index (χ1) is 7.81. The highest BCUT2D eigenvalue weighted by Crippen LogP contribution is 2.33. The van der Waals surface area contributed by atoms with Gasteiger partial charge < -0.3 is 10.6 Å². The zero-order valence-corrected chi connectivity index (χ0v) is 12.1. The van der Waals surface area contributed by atoms with Crippen molar-refractivity contribution in [1.82, 2.24) is 9.88 Å². The summed E-state index contributed by atoms with van der Waals surface area (Å²) in [5.74, 6) is 0. The van der Waals surface area contributed by atoms with Crippen LogP contribution in [0.3, 0.4) is 0 Å². The van der Waals surface area contributed by atoms with E-state index < -0.39 is 0 Å². The molecule has 1 unspecified atom stereocenters. The molecular formula is C13H23N3S. The van der Waals surface area contributed by atoms with Crippen molar-refractivity contribution < 1.29 is 0 Å². The van der Waals surface area contributed by atoms with Crippen molar-refractivity contribution >= 4 is 11.3 Å². The smallest absolute Gasteiger partial charge is 0.114 e. The van der Waals surface area contributed by atoms with E-state index in [0.29, 0.717) is 0 Å². The van der Waals surface area contributed by atoms with Crippen LogP contribution in [0.4, 0.5) is 0 Å². The van der Waals surface area contributed by atoms with Gasteiger partial charge in [0, 0.05) is 17.3 Å². The molecule has 4 heteroatoms. The van der Waals surface area contributed by atoms with Crippen LogP contribution in [0.15, 0.2) is 5.38 Å². The second-order valence-corrected chi connectivity index (χ2v) is 7.14. The molecule has 0 aromatic carbocycles. The molecule has 2 rings (SSSR count). The van der Waals surface area contributed by atoms with Crippen LogP contribution in [-0.4, -0.2) is 30.0 Å². The number of hydrogen-bond acceptors (Lipinski definition) is 4. The highest BCUT2D eigenvalue weighted by molar-refractivity contribution is 7.09. The minimum Gasteiger partial charge on any atom is -0.318 e. The SMILES string of the molecule is CN1CCCC(N)(c2nc(C(C)(C)C)cs2)C1. The Morgan fingerprint density at radius 1 is 1.47 bits per heavy atom. The molecule has 3 nitrogen and oxygen atoms in total. The Morgan fingerprint density at radius 3 is 2.71 bits per heavy atom. The van der Waals surface area contributed by atoms with Crippen LogP contribution in [0.5, 0.6) is 0 Å². The third-order valence-corrected chi connectivity index (χ3v) is 4.48. The largest absolute Gasteiger partial charge is 0.318 e. The van der Waals surface area contributed by atoms with E-state index in [-0.39, 0.29) is 11.0 Å². The number of piperidine rings is 1. The number of nitrogens with two attached hydrogens (primary N) is 1. The number of hydrogen-bond donors (Lipinski definition) is 1. The van der Waals surface area contributed by atoms with Crippen LogP contribution in [-0.2, 0) is 11.0 Å². The molecule has 1 aromatic rings. The summed E-state index contributed by atoms with van der Waals surface area (Å²) in [6.07, 6.45) is 2.21. The summed E-state index contributed by atoms with van der Waals surface area (Å²) < 4.78 is 0. The number of nitrogens with zero attached hydrogens (tertiary/aromatic N) is 2. The van der Waals surface area contributed by atoms with Gasteiger partial charge in [0.15, 0.2) is 0 Å². The Bertz CT molecular complexity index is 394. The molecule has 2 heterocycles. The summed E-state index contributed by atoms with van der Waals surface area (Å²) in [6.45, 7) is 8.66. The lowest BCUT2D eigenvalue weighted by Gasteiger charge is -2.37. The van der Waals surface area contributed by atoms with Gasteiger partial charge in [0.2, 0.25) is 0 Å². The molecule has 17 heavy (non-hydrogen) atoms. The zero-order chi connectivity index (χ0) is 12.7. The van der Waals surface area contributed by atoms with Crippen LogP contribution < -0.4 is 5.73 Å². The van der Waals surface area contributed by atoms with Gasteiger partial charge in [-0.1, -0.05) is 20.8 Å². The second-order valence-electron chi connectivity index (χ2n) is 6.29. The summed E-state index contributed by atoms with van der Waals surface area (Å²) in [4.78, 5) is 7.09. The van der Waals surface area contributed by atoms with Gasteiger partial charge in [-0.2, -0.15) is 0 Å². The van der Waals surface area contributed by atoms with Crippen LogP contribution in [0, 0.1) is 0 Å². The lowest BCUT2D eigenvalue weighted by molar-refractivity contribution is 0.179. The molecule has 1 aromatic heterocycles. The Labute approximate surface area is 108 Å². The molecule has 0 aliphatic carbocycles. The summed E-state index contributed by atoms with van der Waals surface area (Å²) in [5, 5.41) is 3.27. The van der Waals surface area contributed by atoms with E-state index in [1.54, 1.807) is 11.3 Å². The number of aromatic nitrogens is 1. The molecule has 0 saturated carbocycles. The van der Waals surface area contributed by atoms with E-state index in [0.717, 1.165) is 36.6 Å². The molecule has 0 amide bonds. The van der Waals surface area contributed by atoms with E-state index in [1.165, 1.54) is 0 Å². The lowest BCUT2D eigenvalue weighted by atomic mass is 9.90. The van der Waals surface area contributed by atoms with Crippen molar-refractivity contribution in [2.75, 3.05) is 20.1 Å². The minimum atomic E-state index is -0.235. The van der Waals surface area contributed by atoms with Crippen LogP contribution in [0.2, 0.25) is 0 Å². The van der Waals surface area contributed by atoms with Gasteiger partial charge in [-0.3, -0.25) is 0 Å². The van der Waals surface area contributed by atoms with Crippen LogP contribution in [0.25, 0.3) is 0 Å². The molecule has 0 radical (unpaired) electrons. The first-order valence-electron chi connectivity index (χ1n) is 6.25. The van der Waals surface area contributed by atoms with Crippen molar-refractivity contribution in [3.05, 3.63) is 16.1 Å². The first-order valence-corrected chi connectivity index (χ1v) is 7.13. The standard InChI is InChI=1S/C13H23N3S/c1-12(2,3)10-8-17-11(15-10)13(14)6-5-7-16(4)9-13/h8H,5-7,9,14H2,1-4H3. The maximum absolute atomic E-state index is 6.53. The number of rotatable bonds is 1. The molecule has 1 fully saturated rings. The quantitative estimate of drug-likeness (QED) is 0.835. The van der Waals surface area contributed by atoms with Gasteiger partial charge in [-0.15, -0.1) is 11.3 Å². The third-order valence-electron chi connectivity index (χ3n) is 3.41. The monoisotopic (exact) mass is 253 g/mol. The predicted molar refractivity (Wildman–Crippen MR) is 73.4 cm³/mol. The first kappa shape index (κ1) is 13.0. The summed E-state index contributed by atoms with van der Waals surface area (Å²) in [7, 11) is 2.14. The average molecular weight is 253 g/mol. The Kier molecular flexibility index (Phi) is 3.31. The fourth-order valence-corrected chi connectivity index (χ4v) is 3.51. The average Bonchev–Trinajstić information content (AvgIpc) is 2.65. The highest BCUT2D eigenvalue weighted by atomic mass is 32.1. The second kappa shape index (κ2) is 4.34. The van der Waals surface area contributed by atoms with E-state index in [4.69, 9.17) is 10.7 Å². The summed E-state index contributed by atoms with van der Waals surface area (Å²) in [5.41, 5.74) is 7.58. The highest BCUT2D eigenvalue weighted by Gasteiger charge is 2.35. The molecule has 1 saturated heterocycles. The van der Waals surface area contributed by atoms with Gasteiger partial charge in [0.1, 0.15) is 5.01 Å². The van der Waals surface area contributed by atoms with Crippen molar-refractivity contribution in [2.24, 2.45) is 5.73 Å². The molecule has 1 aliphatic heterocycles. The lowest BCUT2D eigenvalue weighted by Crippen LogP contribution is -2.50. The van der Waals surface area contributed by atoms with Crippen molar-refractivity contribution in [3.8, 4) is 0 Å². The molecule has 96 valence electrons. The van der Waals surface area contributed by atoms with E-state index >= 15 is 0 Å². The van der Waals surface area contributed by atoms with E-state index in [9.17, 15) is 0 Å². The van der Waals surface area contributed by atoms with Crippen molar-refractivity contribution in [1.29, 1.82) is 0 Å².